The molecule has 2 atom stereocenters. The number of aryl methyl sites for hydroxylation is 2. The van der Waals surface area contributed by atoms with Crippen LogP contribution in [0.25, 0.3) is 0 Å². The fraction of sp³-hybridized carbons (Fsp3) is 0.381. The zero-order valence-electron chi connectivity index (χ0n) is 15.7. The Balaban J connectivity index is 1.89. The standard InChI is InChI=1S/C21H26ClNO3/c1-5-19(26-17-10-11-18(22)15(3)12-17)21(24)23-16(4)13-25-20-9-7-6-8-14(20)2/h6-12,16,19H,5,13H2,1-4H3,(H,23,24). The molecule has 0 bridgehead atoms. The van der Waals surface area contributed by atoms with Gasteiger partial charge in [0, 0.05) is 5.02 Å². The molecule has 2 unspecified atom stereocenters. The third kappa shape index (κ3) is 5.67. The van der Waals surface area contributed by atoms with Crippen molar-refractivity contribution in [3.63, 3.8) is 0 Å². The first-order valence-corrected chi connectivity index (χ1v) is 9.20. The molecule has 1 N–H and O–H groups in total. The van der Waals surface area contributed by atoms with Crippen molar-refractivity contribution in [3.8, 4) is 11.5 Å². The molecule has 4 nitrogen and oxygen atoms in total. The van der Waals surface area contributed by atoms with Gasteiger partial charge in [0.2, 0.25) is 0 Å². The van der Waals surface area contributed by atoms with Gasteiger partial charge in [0.15, 0.2) is 6.10 Å². The van der Waals surface area contributed by atoms with Crippen molar-refractivity contribution < 1.29 is 14.3 Å². The van der Waals surface area contributed by atoms with Crippen molar-refractivity contribution >= 4 is 17.5 Å². The second-order valence-corrected chi connectivity index (χ2v) is 6.82. The molecule has 0 aliphatic carbocycles. The van der Waals surface area contributed by atoms with Crippen molar-refractivity contribution in [2.75, 3.05) is 6.61 Å². The van der Waals surface area contributed by atoms with Crippen molar-refractivity contribution in [2.24, 2.45) is 0 Å². The Morgan fingerprint density at radius 3 is 2.54 bits per heavy atom. The van der Waals surface area contributed by atoms with Crippen LogP contribution in [0.5, 0.6) is 11.5 Å². The number of para-hydroxylation sites is 1. The van der Waals surface area contributed by atoms with Gasteiger partial charge in [-0.1, -0.05) is 36.7 Å². The zero-order chi connectivity index (χ0) is 19.1. The highest BCUT2D eigenvalue weighted by atomic mass is 35.5. The predicted molar refractivity (Wildman–Crippen MR) is 105 cm³/mol. The van der Waals surface area contributed by atoms with Gasteiger partial charge in [0.25, 0.3) is 5.91 Å². The third-order valence-electron chi connectivity index (χ3n) is 4.04. The first-order valence-electron chi connectivity index (χ1n) is 8.82. The van der Waals surface area contributed by atoms with E-state index in [-0.39, 0.29) is 11.9 Å². The number of rotatable bonds is 8. The minimum atomic E-state index is -0.559. The summed E-state index contributed by atoms with van der Waals surface area (Å²) in [7, 11) is 0. The Morgan fingerprint density at radius 2 is 1.88 bits per heavy atom. The van der Waals surface area contributed by atoms with Gasteiger partial charge >= 0.3 is 0 Å². The highest BCUT2D eigenvalue weighted by molar-refractivity contribution is 6.31. The van der Waals surface area contributed by atoms with Crippen molar-refractivity contribution in [2.45, 2.75) is 46.3 Å². The van der Waals surface area contributed by atoms with Crippen LogP contribution in [0.2, 0.25) is 5.02 Å². The number of ether oxygens (including phenoxy) is 2. The molecular weight excluding hydrogens is 350 g/mol. The van der Waals surface area contributed by atoms with Crippen LogP contribution in [0.1, 0.15) is 31.4 Å². The number of hydrogen-bond donors (Lipinski definition) is 1. The normalized spacial score (nSPS) is 13.0. The van der Waals surface area contributed by atoms with E-state index in [1.807, 2.05) is 58.0 Å². The average Bonchev–Trinajstić information content (AvgIpc) is 2.61. The van der Waals surface area contributed by atoms with E-state index in [1.54, 1.807) is 12.1 Å². The molecule has 2 aromatic carbocycles. The molecule has 5 heteroatoms. The van der Waals surface area contributed by atoms with Gasteiger partial charge in [0.05, 0.1) is 6.04 Å². The largest absolute Gasteiger partial charge is 0.491 e. The number of amides is 1. The first-order chi connectivity index (χ1) is 12.4. The second kappa shape index (κ2) is 9.48. The summed E-state index contributed by atoms with van der Waals surface area (Å²) in [6, 6.07) is 13.1. The maximum absolute atomic E-state index is 12.5. The van der Waals surface area contributed by atoms with Gasteiger partial charge in [-0.25, -0.2) is 0 Å². The van der Waals surface area contributed by atoms with E-state index in [1.165, 1.54) is 0 Å². The molecule has 2 rings (SSSR count). The van der Waals surface area contributed by atoms with Gasteiger partial charge < -0.3 is 14.8 Å². The second-order valence-electron chi connectivity index (χ2n) is 6.41. The fourth-order valence-corrected chi connectivity index (χ4v) is 2.61. The summed E-state index contributed by atoms with van der Waals surface area (Å²) >= 11 is 6.03. The van der Waals surface area contributed by atoms with Gasteiger partial charge in [0.1, 0.15) is 18.1 Å². The molecule has 0 aromatic heterocycles. The Morgan fingerprint density at radius 1 is 1.15 bits per heavy atom. The van der Waals surface area contributed by atoms with Gasteiger partial charge in [-0.2, -0.15) is 0 Å². The topological polar surface area (TPSA) is 47.6 Å². The van der Waals surface area contributed by atoms with Crippen LogP contribution >= 0.6 is 11.6 Å². The van der Waals surface area contributed by atoms with E-state index in [9.17, 15) is 4.79 Å². The molecule has 0 heterocycles. The summed E-state index contributed by atoms with van der Waals surface area (Å²) in [5.41, 5.74) is 1.98. The Labute approximate surface area is 160 Å². The summed E-state index contributed by atoms with van der Waals surface area (Å²) in [5.74, 6) is 1.31. The molecular formula is C21H26ClNO3. The SMILES string of the molecule is CCC(Oc1ccc(Cl)c(C)c1)C(=O)NC(C)COc1ccccc1C. The van der Waals surface area contributed by atoms with Crippen molar-refractivity contribution in [3.05, 3.63) is 58.6 Å². The average molecular weight is 376 g/mol. The minimum absolute atomic E-state index is 0.133. The summed E-state index contributed by atoms with van der Waals surface area (Å²) in [6.45, 7) is 8.12. The van der Waals surface area contributed by atoms with Crippen LogP contribution in [-0.2, 0) is 4.79 Å². The summed E-state index contributed by atoms with van der Waals surface area (Å²) in [5, 5.41) is 3.63. The van der Waals surface area contributed by atoms with Gasteiger partial charge in [-0.05, 0) is 62.6 Å². The van der Waals surface area contributed by atoms with Gasteiger partial charge in [-0.3, -0.25) is 4.79 Å². The highest BCUT2D eigenvalue weighted by Gasteiger charge is 2.20. The lowest BCUT2D eigenvalue weighted by Crippen LogP contribution is -2.44. The van der Waals surface area contributed by atoms with Crippen LogP contribution < -0.4 is 14.8 Å². The minimum Gasteiger partial charge on any atom is -0.491 e. The molecule has 2 aromatic rings. The first kappa shape index (κ1) is 20.1. The number of carbonyl (C=O) groups is 1. The Hall–Kier alpha value is -2.20. The molecule has 26 heavy (non-hydrogen) atoms. The number of nitrogens with one attached hydrogen (secondary N) is 1. The smallest absolute Gasteiger partial charge is 0.261 e. The summed E-state index contributed by atoms with van der Waals surface area (Å²) in [4.78, 5) is 12.5. The van der Waals surface area contributed by atoms with E-state index < -0.39 is 6.10 Å². The maximum atomic E-state index is 12.5. The van der Waals surface area contributed by atoms with E-state index >= 15 is 0 Å². The quantitative estimate of drug-likeness (QED) is 0.727. The lowest BCUT2D eigenvalue weighted by molar-refractivity contribution is -0.128. The number of hydrogen-bond acceptors (Lipinski definition) is 3. The maximum Gasteiger partial charge on any atom is 0.261 e. The summed E-state index contributed by atoms with van der Waals surface area (Å²) < 4.78 is 11.6. The van der Waals surface area contributed by atoms with E-state index in [2.05, 4.69) is 5.32 Å². The van der Waals surface area contributed by atoms with E-state index in [4.69, 9.17) is 21.1 Å². The monoisotopic (exact) mass is 375 g/mol. The molecule has 0 saturated heterocycles. The lowest BCUT2D eigenvalue weighted by Gasteiger charge is -2.21. The van der Waals surface area contributed by atoms with E-state index in [0.29, 0.717) is 23.8 Å². The Kier molecular flexibility index (Phi) is 7.34. The fourth-order valence-electron chi connectivity index (χ4n) is 2.49. The number of carbonyl (C=O) groups excluding carboxylic acids is 1. The molecule has 1 amide bonds. The highest BCUT2D eigenvalue weighted by Crippen LogP contribution is 2.22. The lowest BCUT2D eigenvalue weighted by atomic mass is 10.2. The molecule has 0 fully saturated rings. The van der Waals surface area contributed by atoms with E-state index in [0.717, 1.165) is 16.9 Å². The van der Waals surface area contributed by atoms with Gasteiger partial charge in [-0.15, -0.1) is 0 Å². The molecule has 0 saturated carbocycles. The van der Waals surface area contributed by atoms with Crippen LogP contribution in [0.15, 0.2) is 42.5 Å². The summed E-state index contributed by atoms with van der Waals surface area (Å²) in [6.07, 6.45) is 0.00952. The van der Waals surface area contributed by atoms with Crippen LogP contribution in [0.4, 0.5) is 0 Å². The van der Waals surface area contributed by atoms with Crippen LogP contribution in [0, 0.1) is 13.8 Å². The van der Waals surface area contributed by atoms with Crippen LogP contribution in [-0.4, -0.2) is 24.7 Å². The van der Waals surface area contributed by atoms with Crippen molar-refractivity contribution in [1.82, 2.24) is 5.32 Å². The molecule has 0 aliphatic heterocycles. The predicted octanol–water partition coefficient (Wildman–Crippen LogP) is 4.70. The number of benzene rings is 2. The van der Waals surface area contributed by atoms with Crippen LogP contribution in [0.3, 0.4) is 0 Å². The van der Waals surface area contributed by atoms with Crippen molar-refractivity contribution in [1.29, 1.82) is 0 Å². The zero-order valence-corrected chi connectivity index (χ0v) is 16.5. The number of halogens is 1. The molecule has 0 radical (unpaired) electrons. The third-order valence-corrected chi connectivity index (χ3v) is 4.47. The molecule has 140 valence electrons. The molecule has 0 aliphatic rings. The Bertz CT molecular complexity index is 748. The molecule has 0 spiro atoms.